The van der Waals surface area contributed by atoms with Crippen LogP contribution in [0, 0.1) is 6.20 Å². The summed E-state index contributed by atoms with van der Waals surface area (Å²) in [4.78, 5) is 6.86. The predicted octanol–water partition coefficient (Wildman–Crippen LogP) is -0.0176. The van der Waals surface area contributed by atoms with Gasteiger partial charge < -0.3 is 5.11 Å². The van der Waals surface area contributed by atoms with Crippen molar-refractivity contribution in [2.45, 2.75) is 0 Å². The van der Waals surface area contributed by atoms with E-state index in [1.165, 1.54) is 12.4 Å². The second kappa shape index (κ2) is 1.55. The van der Waals surface area contributed by atoms with Gasteiger partial charge >= 0.3 is 0 Å². The summed E-state index contributed by atoms with van der Waals surface area (Å²) in [6, 6.07) is 0. The van der Waals surface area contributed by atoms with Crippen LogP contribution in [0.1, 0.15) is 0 Å². The lowest BCUT2D eigenvalue weighted by Gasteiger charge is -1.80. The number of rotatable bonds is 0. The maximum absolute atomic E-state index is 8.44. The van der Waals surface area contributed by atoms with Gasteiger partial charge in [-0.05, 0) is 0 Å². The Balaban J connectivity index is 3.02. The average molecular weight is 95.1 g/mol. The molecule has 1 N–H and O–H groups in total. The van der Waals surface area contributed by atoms with Gasteiger partial charge in [0.1, 0.15) is 6.20 Å². The van der Waals surface area contributed by atoms with E-state index in [2.05, 4.69) is 16.2 Å². The molecule has 1 aromatic rings. The molecule has 7 heavy (non-hydrogen) atoms. The van der Waals surface area contributed by atoms with Gasteiger partial charge in [0.2, 0.25) is 5.88 Å². The molecule has 1 radical (unpaired) electrons. The van der Waals surface area contributed by atoms with E-state index < -0.39 is 0 Å². The minimum Gasteiger partial charge on any atom is -0.492 e. The van der Waals surface area contributed by atoms with Crippen molar-refractivity contribution in [2.75, 3.05) is 0 Å². The van der Waals surface area contributed by atoms with Gasteiger partial charge in [-0.15, -0.1) is 0 Å². The Morgan fingerprint density at radius 1 is 1.71 bits per heavy atom. The monoisotopic (exact) mass is 95.0 g/mol. The summed E-state index contributed by atoms with van der Waals surface area (Å²) in [5, 5.41) is 8.44. The molecule has 0 fully saturated rings. The zero-order valence-electron chi connectivity index (χ0n) is 3.50. The van der Waals surface area contributed by atoms with Crippen molar-refractivity contribution in [3.63, 3.8) is 0 Å². The van der Waals surface area contributed by atoms with Gasteiger partial charge in [-0.2, -0.15) is 0 Å². The van der Waals surface area contributed by atoms with Crippen LogP contribution in [0.4, 0.5) is 0 Å². The molecule has 0 aliphatic carbocycles. The summed E-state index contributed by atoms with van der Waals surface area (Å²) < 4.78 is 0. The summed E-state index contributed by atoms with van der Waals surface area (Å²) in [6.45, 7) is 0. The molecule has 1 rings (SSSR count). The first kappa shape index (κ1) is 4.05. The highest BCUT2D eigenvalue weighted by molar-refractivity contribution is 4.96. The van der Waals surface area contributed by atoms with E-state index in [4.69, 9.17) is 5.11 Å². The molecule has 3 heteroatoms. The quantitative estimate of drug-likeness (QED) is 0.492. The normalized spacial score (nSPS) is 8.57. The van der Waals surface area contributed by atoms with Crippen molar-refractivity contribution in [3.8, 4) is 5.88 Å². The van der Waals surface area contributed by atoms with Crippen LogP contribution in [-0.2, 0) is 0 Å². The second-order valence-corrected chi connectivity index (χ2v) is 1.00. The first-order chi connectivity index (χ1) is 3.39. The molecular weight excluding hydrogens is 92.1 g/mol. The Labute approximate surface area is 40.7 Å². The summed E-state index contributed by atoms with van der Waals surface area (Å²) in [5.41, 5.74) is 0. The van der Waals surface area contributed by atoms with E-state index in [1.54, 1.807) is 0 Å². The summed E-state index contributed by atoms with van der Waals surface area (Å²) >= 11 is 0. The number of aromatic hydroxyl groups is 1. The number of hydrogen-bond acceptors (Lipinski definition) is 3. The molecule has 0 aromatic carbocycles. The largest absolute Gasteiger partial charge is 0.492 e. The van der Waals surface area contributed by atoms with Crippen molar-refractivity contribution in [1.29, 1.82) is 0 Å². The van der Waals surface area contributed by atoms with Gasteiger partial charge in [0.25, 0.3) is 0 Å². The fourth-order valence-corrected chi connectivity index (χ4v) is 0.257. The minimum atomic E-state index is -0.0706. The first-order valence-electron chi connectivity index (χ1n) is 1.76. The minimum absolute atomic E-state index is 0.0706. The van der Waals surface area contributed by atoms with Crippen LogP contribution in [0.2, 0.25) is 0 Å². The fourth-order valence-electron chi connectivity index (χ4n) is 0.257. The first-order valence-corrected chi connectivity index (χ1v) is 1.76. The van der Waals surface area contributed by atoms with Crippen LogP contribution in [0.5, 0.6) is 5.88 Å². The third kappa shape index (κ3) is 0.855. The summed E-state index contributed by atoms with van der Waals surface area (Å²) in [5.74, 6) is -0.0706. The number of nitrogens with zero attached hydrogens (tertiary/aromatic N) is 2. The van der Waals surface area contributed by atoms with Gasteiger partial charge in [-0.1, -0.05) is 0 Å². The van der Waals surface area contributed by atoms with Crippen LogP contribution in [0.25, 0.3) is 0 Å². The molecule has 35 valence electrons. The third-order valence-electron chi connectivity index (χ3n) is 0.509. The number of hydrogen-bond donors (Lipinski definition) is 1. The number of aromatic nitrogens is 2. The van der Waals surface area contributed by atoms with E-state index in [9.17, 15) is 0 Å². The Hall–Kier alpha value is -1.12. The molecule has 0 bridgehead atoms. The highest BCUT2D eigenvalue weighted by Crippen LogP contribution is 1.92. The predicted molar refractivity (Wildman–Crippen MR) is 22.5 cm³/mol. The lowest BCUT2D eigenvalue weighted by atomic mass is 10.7. The average Bonchev–Trinajstić information content (AvgIpc) is 1.69. The van der Waals surface area contributed by atoms with E-state index in [0.29, 0.717) is 0 Å². The van der Waals surface area contributed by atoms with Gasteiger partial charge in [-0.25, -0.2) is 9.97 Å². The molecule has 0 saturated carbocycles. The van der Waals surface area contributed by atoms with E-state index in [0.717, 1.165) is 0 Å². The Morgan fingerprint density at radius 3 is 2.86 bits per heavy atom. The highest BCUT2D eigenvalue weighted by atomic mass is 16.3. The molecule has 3 nitrogen and oxygen atoms in total. The van der Waals surface area contributed by atoms with Crippen molar-refractivity contribution in [3.05, 3.63) is 18.6 Å². The van der Waals surface area contributed by atoms with Gasteiger partial charge in [0.15, 0.2) is 0 Å². The molecule has 0 unspecified atom stereocenters. The molecule has 0 amide bonds. The SMILES string of the molecule is Oc1cn[c]cn1. The van der Waals surface area contributed by atoms with Crippen LogP contribution in [0.3, 0.4) is 0 Å². The van der Waals surface area contributed by atoms with E-state index in [-0.39, 0.29) is 5.88 Å². The molecule has 0 saturated heterocycles. The highest BCUT2D eigenvalue weighted by Gasteiger charge is 1.78. The van der Waals surface area contributed by atoms with Gasteiger partial charge in [0.05, 0.1) is 12.4 Å². The lowest BCUT2D eigenvalue weighted by molar-refractivity contribution is 0.450. The van der Waals surface area contributed by atoms with Crippen molar-refractivity contribution in [2.24, 2.45) is 0 Å². The second-order valence-electron chi connectivity index (χ2n) is 1.00. The third-order valence-corrected chi connectivity index (χ3v) is 0.509. The molecule has 0 aliphatic rings. The van der Waals surface area contributed by atoms with Crippen LogP contribution >= 0.6 is 0 Å². The smallest absolute Gasteiger partial charge is 0.229 e. The lowest BCUT2D eigenvalue weighted by Crippen LogP contribution is -1.72. The summed E-state index contributed by atoms with van der Waals surface area (Å²) in [6.07, 6.45) is 4.94. The Morgan fingerprint density at radius 2 is 2.57 bits per heavy atom. The van der Waals surface area contributed by atoms with Crippen molar-refractivity contribution < 1.29 is 5.11 Å². The van der Waals surface area contributed by atoms with Crippen LogP contribution in [-0.4, -0.2) is 15.1 Å². The molecule has 0 aliphatic heterocycles. The Kier molecular flexibility index (Phi) is 0.898. The van der Waals surface area contributed by atoms with Crippen LogP contribution < -0.4 is 0 Å². The molecule has 0 atom stereocenters. The maximum Gasteiger partial charge on any atom is 0.229 e. The topological polar surface area (TPSA) is 46.0 Å². The molecule has 1 heterocycles. The van der Waals surface area contributed by atoms with E-state index in [1.807, 2.05) is 0 Å². The van der Waals surface area contributed by atoms with Gasteiger partial charge in [0, 0.05) is 0 Å². The standard InChI is InChI=1S/C4H3N2O/c7-4-3-5-1-2-6-4/h2-3H,(H,6,7). The maximum atomic E-state index is 8.44. The fraction of sp³-hybridized carbons (Fsp3) is 0. The van der Waals surface area contributed by atoms with Gasteiger partial charge in [-0.3, -0.25) is 0 Å². The Bertz CT molecular complexity index is 140. The van der Waals surface area contributed by atoms with Crippen molar-refractivity contribution in [1.82, 2.24) is 9.97 Å². The zero-order valence-corrected chi connectivity index (χ0v) is 3.50. The van der Waals surface area contributed by atoms with Crippen molar-refractivity contribution >= 4 is 0 Å². The molecule has 1 aromatic heterocycles. The van der Waals surface area contributed by atoms with Crippen LogP contribution in [0.15, 0.2) is 12.4 Å². The molecule has 0 spiro atoms. The summed E-state index contributed by atoms with van der Waals surface area (Å²) in [7, 11) is 0. The molecular formula is C4H3N2O. The zero-order chi connectivity index (χ0) is 5.11. The van der Waals surface area contributed by atoms with E-state index >= 15 is 0 Å².